The fourth-order valence-electron chi connectivity index (χ4n) is 2.42. The maximum atomic E-state index is 12.3. The van der Waals surface area contributed by atoms with Crippen LogP contribution in [0, 0.1) is 17.0 Å². The molecule has 0 saturated heterocycles. The van der Waals surface area contributed by atoms with E-state index in [4.69, 9.17) is 0 Å². The largest absolute Gasteiger partial charge is 0.322 e. The molecule has 8 heteroatoms. The summed E-state index contributed by atoms with van der Waals surface area (Å²) in [5.74, 6) is -0.365. The third kappa shape index (κ3) is 2.79. The maximum absolute atomic E-state index is 12.3. The van der Waals surface area contributed by atoms with E-state index in [1.54, 1.807) is 36.7 Å². The molecule has 0 saturated carbocycles. The molecule has 1 aromatic heterocycles. The smallest absolute Gasteiger partial charge is 0.307 e. The van der Waals surface area contributed by atoms with Crippen molar-refractivity contribution in [2.45, 2.75) is 6.92 Å². The lowest BCUT2D eigenvalue weighted by Gasteiger charge is -2.06. The number of carbonyl (C=O) groups is 1. The molecule has 1 amide bonds. The van der Waals surface area contributed by atoms with E-state index in [-0.39, 0.29) is 16.5 Å². The Hall–Kier alpha value is -3.00. The SMILES string of the molecule is Cc1cc(C(=O)Nc2ccc3c(c2)sc(=O)n3C)ccc1[N+](=O)[O-]. The van der Waals surface area contributed by atoms with Gasteiger partial charge in [0.2, 0.25) is 0 Å². The first kappa shape index (κ1) is 15.9. The highest BCUT2D eigenvalue weighted by Crippen LogP contribution is 2.23. The second-order valence-corrected chi connectivity index (χ2v) is 6.32. The second-order valence-electron chi connectivity index (χ2n) is 5.32. The predicted octanol–water partition coefficient (Wildman–Crippen LogP) is 3.07. The molecule has 7 nitrogen and oxygen atoms in total. The Kier molecular flexibility index (Phi) is 3.90. The highest BCUT2D eigenvalue weighted by atomic mass is 32.1. The molecular formula is C16H13N3O4S. The molecule has 0 radical (unpaired) electrons. The molecule has 2 aromatic carbocycles. The number of thiazole rings is 1. The van der Waals surface area contributed by atoms with Crippen LogP contribution in [0.1, 0.15) is 15.9 Å². The lowest BCUT2D eigenvalue weighted by molar-refractivity contribution is -0.385. The van der Waals surface area contributed by atoms with Gasteiger partial charge in [-0.25, -0.2) is 0 Å². The number of fused-ring (bicyclic) bond motifs is 1. The van der Waals surface area contributed by atoms with Crippen LogP contribution in [-0.2, 0) is 7.05 Å². The first-order valence-electron chi connectivity index (χ1n) is 7.03. The van der Waals surface area contributed by atoms with Crippen molar-refractivity contribution in [2.75, 3.05) is 5.32 Å². The van der Waals surface area contributed by atoms with Gasteiger partial charge in [0, 0.05) is 29.9 Å². The van der Waals surface area contributed by atoms with Gasteiger partial charge in [-0.15, -0.1) is 0 Å². The third-order valence-corrected chi connectivity index (χ3v) is 4.70. The van der Waals surface area contributed by atoms with Gasteiger partial charge in [-0.05, 0) is 37.3 Å². The van der Waals surface area contributed by atoms with Crippen molar-refractivity contribution < 1.29 is 9.72 Å². The van der Waals surface area contributed by atoms with Gasteiger partial charge in [-0.2, -0.15) is 0 Å². The molecule has 1 N–H and O–H groups in total. The Labute approximate surface area is 140 Å². The maximum Gasteiger partial charge on any atom is 0.307 e. The molecule has 122 valence electrons. The molecule has 0 spiro atoms. The van der Waals surface area contributed by atoms with E-state index >= 15 is 0 Å². The van der Waals surface area contributed by atoms with E-state index in [0.717, 1.165) is 21.6 Å². The highest BCUT2D eigenvalue weighted by Gasteiger charge is 2.14. The van der Waals surface area contributed by atoms with Gasteiger partial charge in [0.15, 0.2) is 0 Å². The summed E-state index contributed by atoms with van der Waals surface area (Å²) in [4.78, 5) is 34.2. The number of amides is 1. The Morgan fingerprint density at radius 2 is 2.00 bits per heavy atom. The fraction of sp³-hybridized carbons (Fsp3) is 0.125. The summed E-state index contributed by atoms with van der Waals surface area (Å²) in [6.45, 7) is 1.59. The van der Waals surface area contributed by atoms with Gasteiger partial charge in [0.1, 0.15) is 0 Å². The topological polar surface area (TPSA) is 94.2 Å². The molecule has 0 atom stereocenters. The quantitative estimate of drug-likeness (QED) is 0.584. The lowest BCUT2D eigenvalue weighted by atomic mass is 10.1. The Morgan fingerprint density at radius 3 is 2.67 bits per heavy atom. The van der Waals surface area contributed by atoms with Gasteiger partial charge in [-0.1, -0.05) is 11.3 Å². The van der Waals surface area contributed by atoms with Crippen LogP contribution < -0.4 is 10.2 Å². The van der Waals surface area contributed by atoms with E-state index in [9.17, 15) is 19.7 Å². The standard InChI is InChI=1S/C16H13N3O4S/c1-9-7-10(3-5-12(9)19(22)23)15(20)17-11-4-6-13-14(8-11)24-16(21)18(13)2/h3-8H,1-2H3,(H,17,20). The van der Waals surface area contributed by atoms with Gasteiger partial charge < -0.3 is 9.88 Å². The lowest BCUT2D eigenvalue weighted by Crippen LogP contribution is -2.12. The minimum absolute atomic E-state index is 0.0259. The van der Waals surface area contributed by atoms with E-state index in [1.807, 2.05) is 0 Å². The number of aromatic nitrogens is 1. The number of nitrogens with one attached hydrogen (secondary N) is 1. The number of hydrogen-bond donors (Lipinski definition) is 1. The molecule has 0 aliphatic heterocycles. The number of rotatable bonds is 3. The first-order valence-corrected chi connectivity index (χ1v) is 7.84. The number of nitro groups is 1. The molecule has 0 aliphatic rings. The summed E-state index contributed by atoms with van der Waals surface area (Å²) in [6, 6.07) is 9.43. The zero-order valence-electron chi connectivity index (χ0n) is 12.9. The van der Waals surface area contributed by atoms with Crippen LogP contribution in [0.3, 0.4) is 0 Å². The molecule has 3 aromatic rings. The minimum Gasteiger partial charge on any atom is -0.322 e. The average Bonchev–Trinajstić information content (AvgIpc) is 2.81. The number of benzene rings is 2. The number of nitrogens with zero attached hydrogens (tertiary/aromatic N) is 2. The van der Waals surface area contributed by atoms with Crippen molar-refractivity contribution >= 4 is 38.8 Å². The summed E-state index contributed by atoms with van der Waals surface area (Å²) >= 11 is 1.10. The van der Waals surface area contributed by atoms with Gasteiger partial charge in [-0.3, -0.25) is 19.7 Å². The number of hydrogen-bond acceptors (Lipinski definition) is 5. The van der Waals surface area contributed by atoms with Crippen molar-refractivity contribution in [2.24, 2.45) is 7.05 Å². The van der Waals surface area contributed by atoms with E-state index in [0.29, 0.717) is 16.8 Å². The summed E-state index contributed by atoms with van der Waals surface area (Å²) in [7, 11) is 1.69. The first-order chi connectivity index (χ1) is 11.4. The number of anilines is 1. The molecule has 0 bridgehead atoms. The third-order valence-electron chi connectivity index (χ3n) is 3.71. The Morgan fingerprint density at radius 1 is 1.25 bits per heavy atom. The van der Waals surface area contributed by atoms with Crippen molar-refractivity contribution in [3.05, 3.63) is 67.3 Å². The molecule has 0 unspecified atom stereocenters. The van der Waals surface area contributed by atoms with Crippen molar-refractivity contribution in [3.8, 4) is 0 Å². The van der Waals surface area contributed by atoms with Crippen LogP contribution in [0.25, 0.3) is 10.2 Å². The fourth-order valence-corrected chi connectivity index (χ4v) is 3.34. The molecule has 3 rings (SSSR count). The zero-order valence-corrected chi connectivity index (χ0v) is 13.7. The molecule has 0 aliphatic carbocycles. The number of carbonyl (C=O) groups excluding carboxylic acids is 1. The normalized spacial score (nSPS) is 10.8. The van der Waals surface area contributed by atoms with Gasteiger partial charge >= 0.3 is 4.87 Å². The highest BCUT2D eigenvalue weighted by molar-refractivity contribution is 7.16. The van der Waals surface area contributed by atoms with Crippen LogP contribution in [-0.4, -0.2) is 15.4 Å². The van der Waals surface area contributed by atoms with Crippen molar-refractivity contribution in [1.29, 1.82) is 0 Å². The van der Waals surface area contributed by atoms with E-state index in [1.165, 1.54) is 18.2 Å². The number of nitro benzene ring substituents is 1. The van der Waals surface area contributed by atoms with E-state index < -0.39 is 4.92 Å². The average molecular weight is 343 g/mol. The number of aryl methyl sites for hydroxylation is 2. The van der Waals surface area contributed by atoms with Gasteiger partial charge in [0.25, 0.3) is 11.6 Å². The summed E-state index contributed by atoms with van der Waals surface area (Å²) in [5, 5.41) is 13.6. The molecule has 1 heterocycles. The zero-order chi connectivity index (χ0) is 17.4. The molecular weight excluding hydrogens is 330 g/mol. The Bertz CT molecular complexity index is 1040. The predicted molar refractivity (Wildman–Crippen MR) is 92.9 cm³/mol. The molecule has 0 fully saturated rings. The second kappa shape index (κ2) is 5.89. The van der Waals surface area contributed by atoms with Crippen molar-refractivity contribution in [3.63, 3.8) is 0 Å². The minimum atomic E-state index is -0.484. The van der Waals surface area contributed by atoms with Crippen LogP contribution in [0.2, 0.25) is 0 Å². The summed E-state index contributed by atoms with van der Waals surface area (Å²) < 4.78 is 2.32. The monoisotopic (exact) mass is 343 g/mol. The van der Waals surface area contributed by atoms with Crippen LogP contribution >= 0.6 is 11.3 Å². The van der Waals surface area contributed by atoms with Crippen molar-refractivity contribution in [1.82, 2.24) is 4.57 Å². The van der Waals surface area contributed by atoms with Crippen LogP contribution in [0.15, 0.2) is 41.2 Å². The summed E-state index contributed by atoms with van der Waals surface area (Å²) in [6.07, 6.45) is 0. The van der Waals surface area contributed by atoms with Crippen LogP contribution in [0.5, 0.6) is 0 Å². The van der Waals surface area contributed by atoms with Crippen LogP contribution in [0.4, 0.5) is 11.4 Å². The molecule has 24 heavy (non-hydrogen) atoms. The van der Waals surface area contributed by atoms with E-state index in [2.05, 4.69) is 5.32 Å². The van der Waals surface area contributed by atoms with Gasteiger partial charge in [0.05, 0.1) is 15.1 Å². The summed E-state index contributed by atoms with van der Waals surface area (Å²) in [5.41, 5.74) is 2.09. The Balaban J connectivity index is 1.88.